The molecule has 0 amide bonds. The Morgan fingerprint density at radius 1 is 1.05 bits per heavy atom. The zero-order valence-electron chi connectivity index (χ0n) is 12.2. The van der Waals surface area contributed by atoms with E-state index in [0.717, 1.165) is 17.8 Å². The van der Waals surface area contributed by atoms with Crippen LogP contribution in [0.4, 0.5) is 10.1 Å². The van der Waals surface area contributed by atoms with Crippen molar-refractivity contribution in [2.45, 2.75) is 13.0 Å². The van der Waals surface area contributed by atoms with E-state index >= 15 is 0 Å². The van der Waals surface area contributed by atoms with Crippen LogP contribution in [-0.2, 0) is 0 Å². The Labute approximate surface area is 120 Å². The van der Waals surface area contributed by atoms with Gasteiger partial charge in [0.25, 0.3) is 0 Å². The predicted molar refractivity (Wildman–Crippen MR) is 82.7 cm³/mol. The van der Waals surface area contributed by atoms with Crippen LogP contribution in [0.2, 0.25) is 0 Å². The van der Waals surface area contributed by atoms with Gasteiger partial charge in [0.2, 0.25) is 0 Å². The molecule has 2 aromatic carbocycles. The minimum Gasteiger partial charge on any atom is -0.378 e. The fourth-order valence-corrected chi connectivity index (χ4v) is 2.27. The van der Waals surface area contributed by atoms with Gasteiger partial charge in [-0.1, -0.05) is 31.2 Å². The van der Waals surface area contributed by atoms with Crippen molar-refractivity contribution in [3.05, 3.63) is 65.5 Å². The monoisotopic (exact) mass is 272 g/mol. The molecule has 0 saturated heterocycles. The van der Waals surface area contributed by atoms with Crippen LogP contribution >= 0.6 is 0 Å². The van der Waals surface area contributed by atoms with Crippen molar-refractivity contribution in [3.63, 3.8) is 0 Å². The summed E-state index contributed by atoms with van der Waals surface area (Å²) in [4.78, 5) is 2.08. The summed E-state index contributed by atoms with van der Waals surface area (Å²) in [6.45, 7) is 2.93. The summed E-state index contributed by atoms with van der Waals surface area (Å²) in [6.07, 6.45) is 0. The van der Waals surface area contributed by atoms with Crippen molar-refractivity contribution >= 4 is 5.69 Å². The Morgan fingerprint density at radius 3 is 2.35 bits per heavy atom. The van der Waals surface area contributed by atoms with E-state index < -0.39 is 0 Å². The molecule has 3 heteroatoms. The minimum absolute atomic E-state index is 0.0838. The molecule has 0 heterocycles. The smallest absolute Gasteiger partial charge is 0.123 e. The van der Waals surface area contributed by atoms with Crippen molar-refractivity contribution in [1.82, 2.24) is 5.32 Å². The van der Waals surface area contributed by atoms with Crippen LogP contribution in [0.1, 0.15) is 24.1 Å². The molecule has 0 radical (unpaired) electrons. The van der Waals surface area contributed by atoms with Crippen LogP contribution in [0.25, 0.3) is 0 Å². The second-order valence-corrected chi connectivity index (χ2v) is 5.03. The molecule has 2 nitrogen and oxygen atoms in total. The molecule has 1 atom stereocenters. The molecule has 0 aromatic heterocycles. The Balaban J connectivity index is 2.37. The number of halogens is 1. The van der Waals surface area contributed by atoms with E-state index in [1.54, 1.807) is 0 Å². The molecule has 1 N–H and O–H groups in total. The molecule has 0 aliphatic rings. The molecule has 20 heavy (non-hydrogen) atoms. The lowest BCUT2D eigenvalue weighted by Crippen LogP contribution is -2.22. The SMILES string of the molecule is CCNC(c1ccc(F)cc1)c1cccc(N(C)C)c1. The highest BCUT2D eigenvalue weighted by Gasteiger charge is 2.13. The molecule has 106 valence electrons. The number of hydrogen-bond donors (Lipinski definition) is 1. The van der Waals surface area contributed by atoms with Crippen molar-refractivity contribution in [3.8, 4) is 0 Å². The highest BCUT2D eigenvalue weighted by atomic mass is 19.1. The van der Waals surface area contributed by atoms with Crippen LogP contribution < -0.4 is 10.2 Å². The first-order chi connectivity index (χ1) is 9.61. The number of hydrogen-bond acceptors (Lipinski definition) is 2. The molecule has 0 aliphatic heterocycles. The maximum atomic E-state index is 13.1. The Morgan fingerprint density at radius 2 is 1.75 bits per heavy atom. The van der Waals surface area contributed by atoms with E-state index in [4.69, 9.17) is 0 Å². The molecule has 1 unspecified atom stereocenters. The number of nitrogens with one attached hydrogen (secondary N) is 1. The first-order valence-corrected chi connectivity index (χ1v) is 6.88. The summed E-state index contributed by atoms with van der Waals surface area (Å²) < 4.78 is 13.1. The number of rotatable bonds is 5. The molecule has 0 fully saturated rings. The van der Waals surface area contributed by atoms with Crippen LogP contribution in [0, 0.1) is 5.82 Å². The first kappa shape index (κ1) is 14.5. The summed E-state index contributed by atoms with van der Waals surface area (Å²) in [6, 6.07) is 15.2. The maximum absolute atomic E-state index is 13.1. The fourth-order valence-electron chi connectivity index (χ4n) is 2.27. The summed E-state index contributed by atoms with van der Waals surface area (Å²) in [5, 5.41) is 3.46. The lowest BCUT2D eigenvalue weighted by molar-refractivity contribution is 0.613. The van der Waals surface area contributed by atoms with Crippen molar-refractivity contribution in [1.29, 1.82) is 0 Å². The van der Waals surface area contributed by atoms with E-state index in [-0.39, 0.29) is 11.9 Å². The quantitative estimate of drug-likeness (QED) is 0.895. The van der Waals surface area contributed by atoms with Gasteiger partial charge in [-0.3, -0.25) is 0 Å². The lowest BCUT2D eigenvalue weighted by Gasteiger charge is -2.21. The molecule has 0 aliphatic carbocycles. The normalized spacial score (nSPS) is 12.2. The minimum atomic E-state index is -0.203. The summed E-state index contributed by atoms with van der Waals surface area (Å²) >= 11 is 0. The van der Waals surface area contributed by atoms with E-state index in [2.05, 4.69) is 41.4 Å². The van der Waals surface area contributed by atoms with Crippen LogP contribution in [0.15, 0.2) is 48.5 Å². The van der Waals surface area contributed by atoms with Crippen LogP contribution in [0.5, 0.6) is 0 Å². The van der Waals surface area contributed by atoms with E-state index in [1.165, 1.54) is 17.7 Å². The van der Waals surface area contributed by atoms with Gasteiger partial charge in [0.05, 0.1) is 6.04 Å². The predicted octanol–water partition coefficient (Wildman–Crippen LogP) is 3.59. The average molecular weight is 272 g/mol. The van der Waals surface area contributed by atoms with Gasteiger partial charge in [-0.05, 0) is 41.9 Å². The molecular weight excluding hydrogens is 251 g/mol. The molecule has 2 rings (SSSR count). The van der Waals surface area contributed by atoms with Gasteiger partial charge in [0.15, 0.2) is 0 Å². The summed E-state index contributed by atoms with van der Waals surface area (Å²) in [5.41, 5.74) is 3.42. The summed E-state index contributed by atoms with van der Waals surface area (Å²) in [5.74, 6) is -0.203. The van der Waals surface area contributed by atoms with E-state index in [1.807, 2.05) is 26.2 Å². The average Bonchev–Trinajstić information content (AvgIpc) is 2.46. The molecule has 2 aromatic rings. The standard InChI is InChI=1S/C17H21FN2/c1-4-19-17(13-8-10-15(18)11-9-13)14-6-5-7-16(12-14)20(2)3/h5-12,17,19H,4H2,1-3H3. The number of benzene rings is 2. The molecular formula is C17H21FN2. The zero-order chi connectivity index (χ0) is 14.5. The number of nitrogens with zero attached hydrogens (tertiary/aromatic N) is 1. The third kappa shape index (κ3) is 3.36. The number of anilines is 1. The van der Waals surface area contributed by atoms with Gasteiger partial charge in [-0.25, -0.2) is 4.39 Å². The topological polar surface area (TPSA) is 15.3 Å². The van der Waals surface area contributed by atoms with Crippen molar-refractivity contribution < 1.29 is 4.39 Å². The van der Waals surface area contributed by atoms with Gasteiger partial charge in [-0.15, -0.1) is 0 Å². The second kappa shape index (κ2) is 6.53. The van der Waals surface area contributed by atoms with Gasteiger partial charge in [-0.2, -0.15) is 0 Å². The molecule has 0 saturated carbocycles. The fraction of sp³-hybridized carbons (Fsp3) is 0.294. The summed E-state index contributed by atoms with van der Waals surface area (Å²) in [7, 11) is 4.05. The largest absolute Gasteiger partial charge is 0.378 e. The highest BCUT2D eigenvalue weighted by molar-refractivity contribution is 5.49. The first-order valence-electron chi connectivity index (χ1n) is 6.88. The third-order valence-electron chi connectivity index (χ3n) is 3.33. The molecule has 0 bridgehead atoms. The Kier molecular flexibility index (Phi) is 4.74. The van der Waals surface area contributed by atoms with Gasteiger partial charge < -0.3 is 10.2 Å². The molecule has 0 spiro atoms. The highest BCUT2D eigenvalue weighted by Crippen LogP contribution is 2.25. The maximum Gasteiger partial charge on any atom is 0.123 e. The Hall–Kier alpha value is -1.87. The second-order valence-electron chi connectivity index (χ2n) is 5.03. The van der Waals surface area contributed by atoms with E-state index in [0.29, 0.717) is 0 Å². The van der Waals surface area contributed by atoms with Crippen molar-refractivity contribution in [2.75, 3.05) is 25.5 Å². The van der Waals surface area contributed by atoms with Gasteiger partial charge in [0, 0.05) is 19.8 Å². The van der Waals surface area contributed by atoms with Crippen LogP contribution in [-0.4, -0.2) is 20.6 Å². The van der Waals surface area contributed by atoms with Crippen molar-refractivity contribution in [2.24, 2.45) is 0 Å². The zero-order valence-corrected chi connectivity index (χ0v) is 12.2. The van der Waals surface area contributed by atoms with Gasteiger partial charge >= 0.3 is 0 Å². The Bertz CT molecular complexity index is 549. The lowest BCUT2D eigenvalue weighted by atomic mass is 9.98. The van der Waals surface area contributed by atoms with Gasteiger partial charge in [0.1, 0.15) is 5.82 Å². The van der Waals surface area contributed by atoms with Crippen LogP contribution in [0.3, 0.4) is 0 Å². The third-order valence-corrected chi connectivity index (χ3v) is 3.33. The van der Waals surface area contributed by atoms with E-state index in [9.17, 15) is 4.39 Å².